The van der Waals surface area contributed by atoms with E-state index in [1.807, 2.05) is 6.08 Å². The van der Waals surface area contributed by atoms with Crippen LogP contribution < -0.4 is 0 Å². The van der Waals surface area contributed by atoms with Gasteiger partial charge in [0.1, 0.15) is 0 Å². The molecule has 0 spiro atoms. The van der Waals surface area contributed by atoms with E-state index in [-0.39, 0.29) is 0 Å². The first kappa shape index (κ1) is 9.50. The molecule has 0 aromatic rings. The highest BCUT2D eigenvalue weighted by molar-refractivity contribution is 5.91. The van der Waals surface area contributed by atoms with Crippen molar-refractivity contribution in [3.05, 3.63) is 11.6 Å². The predicted molar refractivity (Wildman–Crippen MR) is 51.0 cm³/mol. The Morgan fingerprint density at radius 1 is 1.50 bits per heavy atom. The van der Waals surface area contributed by atoms with Gasteiger partial charge in [-0.15, -0.1) is 0 Å². The van der Waals surface area contributed by atoms with Gasteiger partial charge in [0.2, 0.25) is 0 Å². The zero-order chi connectivity index (χ0) is 8.97. The topological polar surface area (TPSA) is 17.1 Å². The Morgan fingerprint density at radius 3 is 2.83 bits per heavy atom. The summed E-state index contributed by atoms with van der Waals surface area (Å²) < 4.78 is 0. The largest absolute Gasteiger partial charge is 0.295 e. The van der Waals surface area contributed by atoms with E-state index in [1.165, 1.54) is 18.4 Å². The summed E-state index contributed by atoms with van der Waals surface area (Å²) in [5.41, 5.74) is 1.38. The van der Waals surface area contributed by atoms with Gasteiger partial charge >= 0.3 is 0 Å². The molecule has 0 heterocycles. The van der Waals surface area contributed by atoms with Crippen LogP contribution in [0.4, 0.5) is 0 Å². The first-order chi connectivity index (χ1) is 5.72. The molecule has 1 rings (SSSR count). The standard InChI is InChI=1S/C11H18O/c1-3-4-5-10-6-9(2)7-11(12)8-10/h8-9H,3-7H2,1-2H3. The third-order valence-electron chi connectivity index (χ3n) is 2.38. The van der Waals surface area contributed by atoms with E-state index in [0.717, 1.165) is 19.3 Å². The Kier molecular flexibility index (Phi) is 3.51. The lowest BCUT2D eigenvalue weighted by Crippen LogP contribution is -2.11. The molecule has 68 valence electrons. The molecule has 1 atom stereocenters. The van der Waals surface area contributed by atoms with E-state index in [4.69, 9.17) is 0 Å². The highest BCUT2D eigenvalue weighted by atomic mass is 16.1. The van der Waals surface area contributed by atoms with Crippen molar-refractivity contribution < 1.29 is 4.79 Å². The average Bonchev–Trinajstić information content (AvgIpc) is 1.99. The smallest absolute Gasteiger partial charge is 0.155 e. The molecule has 0 amide bonds. The van der Waals surface area contributed by atoms with Crippen LogP contribution in [0.15, 0.2) is 11.6 Å². The summed E-state index contributed by atoms with van der Waals surface area (Å²) in [6.07, 6.45) is 7.36. The molecule has 1 heteroatoms. The van der Waals surface area contributed by atoms with Gasteiger partial charge in [0.25, 0.3) is 0 Å². The van der Waals surface area contributed by atoms with Crippen LogP contribution in [0.3, 0.4) is 0 Å². The minimum Gasteiger partial charge on any atom is -0.295 e. The van der Waals surface area contributed by atoms with Crippen molar-refractivity contribution in [2.75, 3.05) is 0 Å². The summed E-state index contributed by atoms with van der Waals surface area (Å²) in [5, 5.41) is 0. The molecule has 0 aliphatic heterocycles. The summed E-state index contributed by atoms with van der Waals surface area (Å²) in [7, 11) is 0. The van der Waals surface area contributed by atoms with E-state index < -0.39 is 0 Å². The normalized spacial score (nSPS) is 24.0. The zero-order valence-corrected chi connectivity index (χ0v) is 8.10. The zero-order valence-electron chi connectivity index (χ0n) is 8.10. The Hall–Kier alpha value is -0.590. The molecule has 0 radical (unpaired) electrons. The van der Waals surface area contributed by atoms with Gasteiger partial charge in [-0.25, -0.2) is 0 Å². The molecule has 1 aliphatic rings. The summed E-state index contributed by atoms with van der Waals surface area (Å²) in [5.74, 6) is 0.911. The SMILES string of the molecule is CCCCC1=CC(=O)CC(C)C1. The number of unbranched alkanes of at least 4 members (excludes halogenated alkanes) is 1. The molecule has 0 bridgehead atoms. The Bertz CT molecular complexity index is 191. The van der Waals surface area contributed by atoms with Crippen LogP contribution in [-0.2, 0) is 4.79 Å². The van der Waals surface area contributed by atoms with E-state index in [0.29, 0.717) is 11.7 Å². The number of hydrogen-bond acceptors (Lipinski definition) is 1. The average molecular weight is 166 g/mol. The Morgan fingerprint density at radius 2 is 2.25 bits per heavy atom. The predicted octanol–water partition coefficient (Wildman–Crippen LogP) is 3.10. The number of hydrogen-bond donors (Lipinski definition) is 0. The third kappa shape index (κ3) is 2.80. The van der Waals surface area contributed by atoms with Crippen molar-refractivity contribution in [3.63, 3.8) is 0 Å². The van der Waals surface area contributed by atoms with Gasteiger partial charge < -0.3 is 0 Å². The maximum Gasteiger partial charge on any atom is 0.155 e. The maximum absolute atomic E-state index is 11.2. The second-order valence-corrected chi connectivity index (χ2v) is 3.89. The van der Waals surface area contributed by atoms with Crippen LogP contribution in [0.1, 0.15) is 46.0 Å². The summed E-state index contributed by atoms with van der Waals surface area (Å²) in [6, 6.07) is 0. The summed E-state index contributed by atoms with van der Waals surface area (Å²) in [6.45, 7) is 4.35. The molecule has 1 aliphatic carbocycles. The van der Waals surface area contributed by atoms with Gasteiger partial charge in [0.05, 0.1) is 0 Å². The molecule has 1 unspecified atom stereocenters. The van der Waals surface area contributed by atoms with Gasteiger partial charge in [-0.2, -0.15) is 0 Å². The first-order valence-electron chi connectivity index (χ1n) is 4.94. The van der Waals surface area contributed by atoms with E-state index in [2.05, 4.69) is 13.8 Å². The number of ketones is 1. The highest BCUT2D eigenvalue weighted by Crippen LogP contribution is 2.24. The molecular formula is C11H18O. The Balaban J connectivity index is 2.46. The fourth-order valence-corrected chi connectivity index (χ4v) is 1.79. The molecular weight excluding hydrogens is 148 g/mol. The number of allylic oxidation sites excluding steroid dienone is 2. The van der Waals surface area contributed by atoms with E-state index in [9.17, 15) is 4.79 Å². The van der Waals surface area contributed by atoms with Crippen molar-refractivity contribution in [3.8, 4) is 0 Å². The quantitative estimate of drug-likeness (QED) is 0.629. The monoisotopic (exact) mass is 166 g/mol. The number of carbonyl (C=O) groups excluding carboxylic acids is 1. The minimum atomic E-state index is 0.333. The van der Waals surface area contributed by atoms with E-state index in [1.54, 1.807) is 0 Å². The fourth-order valence-electron chi connectivity index (χ4n) is 1.79. The van der Waals surface area contributed by atoms with Crippen LogP contribution in [0.2, 0.25) is 0 Å². The van der Waals surface area contributed by atoms with Crippen molar-refractivity contribution >= 4 is 5.78 Å². The van der Waals surface area contributed by atoms with Gasteiger partial charge in [0, 0.05) is 6.42 Å². The van der Waals surface area contributed by atoms with Crippen LogP contribution in [0, 0.1) is 5.92 Å². The maximum atomic E-state index is 11.2. The molecule has 0 N–H and O–H groups in total. The minimum absolute atomic E-state index is 0.333. The second-order valence-electron chi connectivity index (χ2n) is 3.89. The third-order valence-corrected chi connectivity index (χ3v) is 2.38. The van der Waals surface area contributed by atoms with Crippen molar-refractivity contribution in [2.45, 2.75) is 46.0 Å². The molecule has 1 nitrogen and oxygen atoms in total. The van der Waals surface area contributed by atoms with Crippen LogP contribution in [0.25, 0.3) is 0 Å². The van der Waals surface area contributed by atoms with Crippen LogP contribution >= 0.6 is 0 Å². The lowest BCUT2D eigenvalue weighted by Gasteiger charge is -2.17. The van der Waals surface area contributed by atoms with Gasteiger partial charge in [0.15, 0.2) is 5.78 Å². The molecule has 0 aromatic heterocycles. The van der Waals surface area contributed by atoms with Crippen LogP contribution in [-0.4, -0.2) is 5.78 Å². The van der Waals surface area contributed by atoms with Gasteiger partial charge in [-0.05, 0) is 31.3 Å². The molecule has 12 heavy (non-hydrogen) atoms. The molecule has 0 aromatic carbocycles. The lowest BCUT2D eigenvalue weighted by molar-refractivity contribution is -0.115. The van der Waals surface area contributed by atoms with Crippen molar-refractivity contribution in [2.24, 2.45) is 5.92 Å². The van der Waals surface area contributed by atoms with E-state index >= 15 is 0 Å². The fraction of sp³-hybridized carbons (Fsp3) is 0.727. The number of rotatable bonds is 3. The number of carbonyl (C=O) groups is 1. The lowest BCUT2D eigenvalue weighted by atomic mass is 9.87. The first-order valence-corrected chi connectivity index (χ1v) is 4.94. The second kappa shape index (κ2) is 4.44. The summed E-state index contributed by atoms with van der Waals surface area (Å²) in [4.78, 5) is 11.2. The summed E-state index contributed by atoms with van der Waals surface area (Å²) >= 11 is 0. The molecule has 0 saturated heterocycles. The molecule has 0 saturated carbocycles. The van der Waals surface area contributed by atoms with Crippen molar-refractivity contribution in [1.29, 1.82) is 0 Å². The molecule has 0 fully saturated rings. The highest BCUT2D eigenvalue weighted by Gasteiger charge is 2.15. The van der Waals surface area contributed by atoms with Gasteiger partial charge in [-0.3, -0.25) is 4.79 Å². The Labute approximate surface area is 74.9 Å². The van der Waals surface area contributed by atoms with Crippen molar-refractivity contribution in [1.82, 2.24) is 0 Å². The van der Waals surface area contributed by atoms with Gasteiger partial charge in [-0.1, -0.05) is 25.8 Å². The van der Waals surface area contributed by atoms with Crippen LogP contribution in [0.5, 0.6) is 0 Å².